The Balaban J connectivity index is 0.00000240. The average Bonchev–Trinajstić information content (AvgIpc) is 3.31. The van der Waals surface area contributed by atoms with E-state index in [1.165, 1.54) is 5.56 Å². The highest BCUT2D eigenvalue weighted by Gasteiger charge is 2.35. The topological polar surface area (TPSA) is 64.2 Å². The molecule has 4 rings (SSSR count). The standard InChI is InChI=1S/C22H23ClN4O.ClH/c1-2-21-18(12-25-27(21)17-10-6-9-16(23)11-17)22(28)26-13-19(20(24)14-26)15-7-4-3-5-8-15;/h3-12,19-20H,2,13-14,24H2,1H3;1H/t19-,20+;/m0./s1. The molecule has 152 valence electrons. The average molecular weight is 431 g/mol. The van der Waals surface area contributed by atoms with Crippen molar-refractivity contribution < 1.29 is 4.79 Å². The Kier molecular flexibility index (Phi) is 6.63. The number of nitrogens with two attached hydrogens (primary N) is 1. The summed E-state index contributed by atoms with van der Waals surface area (Å²) in [4.78, 5) is 15.1. The van der Waals surface area contributed by atoms with Gasteiger partial charge in [-0.15, -0.1) is 12.4 Å². The number of likely N-dealkylation sites (tertiary alicyclic amines) is 1. The first kappa shape index (κ1) is 21.4. The number of aromatic nitrogens is 2. The number of hydrogen-bond acceptors (Lipinski definition) is 3. The predicted molar refractivity (Wildman–Crippen MR) is 118 cm³/mol. The molecule has 1 amide bonds. The summed E-state index contributed by atoms with van der Waals surface area (Å²) in [7, 11) is 0. The van der Waals surface area contributed by atoms with Crippen molar-refractivity contribution >= 4 is 29.9 Å². The Labute approximate surface area is 181 Å². The summed E-state index contributed by atoms with van der Waals surface area (Å²) < 4.78 is 1.80. The third-order valence-electron chi connectivity index (χ3n) is 5.37. The smallest absolute Gasteiger partial charge is 0.257 e. The molecule has 1 saturated heterocycles. The molecule has 1 aliphatic rings. The van der Waals surface area contributed by atoms with E-state index in [0.29, 0.717) is 30.1 Å². The summed E-state index contributed by atoms with van der Waals surface area (Å²) in [6.07, 6.45) is 2.35. The molecule has 0 spiro atoms. The Morgan fingerprint density at radius 2 is 1.93 bits per heavy atom. The number of benzene rings is 2. The second-order valence-electron chi connectivity index (χ2n) is 7.14. The SMILES string of the molecule is CCc1c(C(=O)N2C[C@@H](N)[C@H](c3ccccc3)C2)cnn1-c1cccc(Cl)c1.Cl. The van der Waals surface area contributed by atoms with Gasteiger partial charge in [-0.2, -0.15) is 5.10 Å². The molecule has 2 heterocycles. The molecule has 2 N–H and O–H groups in total. The summed E-state index contributed by atoms with van der Waals surface area (Å²) in [6.45, 7) is 3.19. The van der Waals surface area contributed by atoms with Gasteiger partial charge in [-0.3, -0.25) is 4.79 Å². The van der Waals surface area contributed by atoms with Gasteiger partial charge in [0.25, 0.3) is 5.91 Å². The van der Waals surface area contributed by atoms with Crippen LogP contribution in [0.5, 0.6) is 0 Å². The fraction of sp³-hybridized carbons (Fsp3) is 0.273. The van der Waals surface area contributed by atoms with Gasteiger partial charge >= 0.3 is 0 Å². The van der Waals surface area contributed by atoms with Crippen LogP contribution in [-0.2, 0) is 6.42 Å². The zero-order valence-electron chi connectivity index (χ0n) is 16.2. The van der Waals surface area contributed by atoms with Crippen LogP contribution in [0, 0.1) is 0 Å². The molecule has 29 heavy (non-hydrogen) atoms. The lowest BCUT2D eigenvalue weighted by Gasteiger charge is -2.17. The summed E-state index contributed by atoms with van der Waals surface area (Å²) in [5, 5.41) is 5.10. The van der Waals surface area contributed by atoms with Crippen molar-refractivity contribution in [2.45, 2.75) is 25.3 Å². The minimum absolute atomic E-state index is 0. The number of hydrogen-bond donors (Lipinski definition) is 1. The summed E-state index contributed by atoms with van der Waals surface area (Å²) in [5.41, 5.74) is 9.91. The minimum Gasteiger partial charge on any atom is -0.336 e. The molecular formula is C22H24Cl2N4O. The highest BCUT2D eigenvalue weighted by molar-refractivity contribution is 6.30. The Bertz CT molecular complexity index is 989. The van der Waals surface area contributed by atoms with Crippen LogP contribution in [0.1, 0.15) is 34.5 Å². The second-order valence-corrected chi connectivity index (χ2v) is 7.58. The van der Waals surface area contributed by atoms with Gasteiger partial charge in [0, 0.05) is 30.1 Å². The fourth-order valence-corrected chi connectivity index (χ4v) is 4.13. The van der Waals surface area contributed by atoms with Crippen LogP contribution < -0.4 is 5.73 Å². The number of amides is 1. The van der Waals surface area contributed by atoms with Gasteiger partial charge in [0.05, 0.1) is 23.1 Å². The van der Waals surface area contributed by atoms with E-state index in [-0.39, 0.29) is 30.3 Å². The van der Waals surface area contributed by atoms with E-state index < -0.39 is 0 Å². The number of carbonyl (C=O) groups excluding carboxylic acids is 1. The maximum atomic E-state index is 13.3. The van der Waals surface area contributed by atoms with Crippen LogP contribution in [0.15, 0.2) is 60.8 Å². The van der Waals surface area contributed by atoms with E-state index in [2.05, 4.69) is 17.2 Å². The number of halogens is 2. The van der Waals surface area contributed by atoms with Crippen LogP contribution in [0.25, 0.3) is 5.69 Å². The molecule has 0 aliphatic carbocycles. The first-order valence-electron chi connectivity index (χ1n) is 9.51. The van der Waals surface area contributed by atoms with Gasteiger partial charge in [0.1, 0.15) is 0 Å². The van der Waals surface area contributed by atoms with Crippen molar-refractivity contribution in [3.8, 4) is 5.69 Å². The molecule has 0 bridgehead atoms. The van der Waals surface area contributed by atoms with Crippen molar-refractivity contribution in [2.24, 2.45) is 5.73 Å². The lowest BCUT2D eigenvalue weighted by Crippen LogP contribution is -2.32. The van der Waals surface area contributed by atoms with E-state index >= 15 is 0 Å². The number of rotatable bonds is 4. The van der Waals surface area contributed by atoms with E-state index in [1.807, 2.05) is 54.3 Å². The molecule has 7 heteroatoms. The molecule has 1 fully saturated rings. The Hall–Kier alpha value is -2.34. The summed E-state index contributed by atoms with van der Waals surface area (Å²) >= 11 is 6.12. The van der Waals surface area contributed by atoms with Gasteiger partial charge in [-0.05, 0) is 30.2 Å². The summed E-state index contributed by atoms with van der Waals surface area (Å²) in [6, 6.07) is 17.6. The molecule has 5 nitrogen and oxygen atoms in total. The molecular weight excluding hydrogens is 407 g/mol. The molecule has 2 aromatic carbocycles. The van der Waals surface area contributed by atoms with Crippen molar-refractivity contribution in [1.82, 2.24) is 14.7 Å². The van der Waals surface area contributed by atoms with Crippen molar-refractivity contribution in [3.05, 3.63) is 82.6 Å². The van der Waals surface area contributed by atoms with E-state index in [9.17, 15) is 4.79 Å². The lowest BCUT2D eigenvalue weighted by molar-refractivity contribution is 0.0788. The van der Waals surface area contributed by atoms with Crippen LogP contribution >= 0.6 is 24.0 Å². The third kappa shape index (κ3) is 4.17. The van der Waals surface area contributed by atoms with Gasteiger partial charge in [0.2, 0.25) is 0 Å². The van der Waals surface area contributed by atoms with Crippen molar-refractivity contribution in [1.29, 1.82) is 0 Å². The molecule has 1 aromatic heterocycles. The molecule has 0 unspecified atom stereocenters. The van der Waals surface area contributed by atoms with Crippen LogP contribution in [0.3, 0.4) is 0 Å². The minimum atomic E-state index is -0.0700. The molecule has 0 saturated carbocycles. The predicted octanol–water partition coefficient (Wildman–Crippen LogP) is 4.08. The quantitative estimate of drug-likeness (QED) is 0.677. The Morgan fingerprint density at radius 3 is 2.62 bits per heavy atom. The lowest BCUT2D eigenvalue weighted by atomic mass is 9.95. The number of nitrogens with zero attached hydrogens (tertiary/aromatic N) is 3. The monoisotopic (exact) mass is 430 g/mol. The molecule has 1 aliphatic heterocycles. The highest BCUT2D eigenvalue weighted by atomic mass is 35.5. The van der Waals surface area contributed by atoms with Crippen molar-refractivity contribution in [3.63, 3.8) is 0 Å². The maximum absolute atomic E-state index is 13.3. The van der Waals surface area contributed by atoms with Crippen molar-refractivity contribution in [2.75, 3.05) is 13.1 Å². The summed E-state index contributed by atoms with van der Waals surface area (Å²) in [5.74, 6) is 0.136. The van der Waals surface area contributed by atoms with Gasteiger partial charge < -0.3 is 10.6 Å². The van der Waals surface area contributed by atoms with E-state index in [4.69, 9.17) is 17.3 Å². The van der Waals surface area contributed by atoms with Gasteiger partial charge in [-0.1, -0.05) is 54.9 Å². The largest absolute Gasteiger partial charge is 0.336 e. The molecule has 3 aromatic rings. The second kappa shape index (κ2) is 8.99. The van der Waals surface area contributed by atoms with E-state index in [1.54, 1.807) is 10.9 Å². The zero-order valence-corrected chi connectivity index (χ0v) is 17.7. The fourth-order valence-electron chi connectivity index (χ4n) is 3.94. The van der Waals surface area contributed by atoms with Gasteiger partial charge in [-0.25, -0.2) is 4.68 Å². The van der Waals surface area contributed by atoms with Crippen LogP contribution in [0.4, 0.5) is 0 Å². The maximum Gasteiger partial charge on any atom is 0.257 e. The Morgan fingerprint density at radius 1 is 1.17 bits per heavy atom. The number of carbonyl (C=O) groups is 1. The molecule has 0 radical (unpaired) electrons. The normalized spacial score (nSPS) is 18.5. The van der Waals surface area contributed by atoms with Crippen LogP contribution in [-0.4, -0.2) is 39.7 Å². The third-order valence-corrected chi connectivity index (χ3v) is 5.60. The molecule has 2 atom stereocenters. The van der Waals surface area contributed by atoms with Gasteiger partial charge in [0.15, 0.2) is 0 Å². The first-order valence-corrected chi connectivity index (χ1v) is 9.89. The zero-order chi connectivity index (χ0) is 19.7. The first-order chi connectivity index (χ1) is 13.6. The highest BCUT2D eigenvalue weighted by Crippen LogP contribution is 2.28. The van der Waals surface area contributed by atoms with Crippen LogP contribution in [0.2, 0.25) is 5.02 Å². The van der Waals surface area contributed by atoms with E-state index in [0.717, 1.165) is 11.4 Å².